The second-order valence-electron chi connectivity index (χ2n) is 8.64. The molecular formula is C23H28N4O4S2. The van der Waals surface area contributed by atoms with Gasteiger partial charge in [-0.1, -0.05) is 50.2 Å². The number of carbonyl (C=O) groups excluding carboxylic acids is 1. The monoisotopic (exact) mass is 488 g/mol. The molecule has 33 heavy (non-hydrogen) atoms. The summed E-state index contributed by atoms with van der Waals surface area (Å²) in [6.45, 7) is 7.70. The number of hydrogen-bond donors (Lipinski definition) is 1. The Morgan fingerprint density at radius 2 is 1.82 bits per heavy atom. The lowest BCUT2D eigenvalue weighted by molar-refractivity contribution is -0.114. The van der Waals surface area contributed by atoms with Gasteiger partial charge in [-0.2, -0.15) is 9.29 Å². The Morgan fingerprint density at radius 1 is 1.15 bits per heavy atom. The summed E-state index contributed by atoms with van der Waals surface area (Å²) in [5.41, 5.74) is 2.46. The average molecular weight is 489 g/mol. The number of anilines is 1. The highest BCUT2D eigenvalue weighted by Gasteiger charge is 2.24. The minimum absolute atomic E-state index is 0.0336. The van der Waals surface area contributed by atoms with Gasteiger partial charge in [-0.15, -0.1) is 11.8 Å². The van der Waals surface area contributed by atoms with Crippen LogP contribution in [0.2, 0.25) is 0 Å². The number of benzene rings is 2. The average Bonchev–Trinajstić information content (AvgIpc) is 3.21. The third kappa shape index (κ3) is 5.82. The quantitative estimate of drug-likeness (QED) is 0.487. The Hall–Kier alpha value is -2.69. The fourth-order valence-corrected chi connectivity index (χ4v) is 4.83. The van der Waals surface area contributed by atoms with Gasteiger partial charge in [0.2, 0.25) is 27.6 Å². The molecule has 0 saturated heterocycles. The van der Waals surface area contributed by atoms with E-state index in [0.717, 1.165) is 14.8 Å². The van der Waals surface area contributed by atoms with Gasteiger partial charge in [-0.25, -0.2) is 8.42 Å². The highest BCUT2D eigenvalue weighted by Crippen LogP contribution is 2.30. The third-order valence-electron chi connectivity index (χ3n) is 5.02. The minimum Gasteiger partial charge on any atom is -0.338 e. The topological polar surface area (TPSA) is 105 Å². The van der Waals surface area contributed by atoms with Crippen molar-refractivity contribution in [1.29, 1.82) is 0 Å². The van der Waals surface area contributed by atoms with Crippen molar-refractivity contribution in [3.63, 3.8) is 0 Å². The summed E-state index contributed by atoms with van der Waals surface area (Å²) in [5, 5.41) is 6.67. The van der Waals surface area contributed by atoms with Gasteiger partial charge in [0, 0.05) is 24.4 Å². The van der Waals surface area contributed by atoms with Gasteiger partial charge in [0.15, 0.2) is 0 Å². The maximum Gasteiger partial charge on any atom is 0.243 e. The molecule has 1 aromatic heterocycles. The molecule has 0 fully saturated rings. The zero-order valence-electron chi connectivity index (χ0n) is 19.5. The van der Waals surface area contributed by atoms with E-state index in [0.29, 0.717) is 11.5 Å². The molecule has 0 radical (unpaired) electrons. The van der Waals surface area contributed by atoms with Crippen LogP contribution in [0.3, 0.4) is 0 Å². The lowest BCUT2D eigenvalue weighted by Crippen LogP contribution is -2.26. The normalized spacial score (nSPS) is 12.2. The van der Waals surface area contributed by atoms with Crippen molar-refractivity contribution in [3.05, 3.63) is 53.9 Å². The largest absolute Gasteiger partial charge is 0.338 e. The summed E-state index contributed by atoms with van der Waals surface area (Å²) in [5.74, 6) is 0.300. The van der Waals surface area contributed by atoms with Crippen molar-refractivity contribution >= 4 is 33.4 Å². The number of aromatic nitrogens is 2. The van der Waals surface area contributed by atoms with Crippen molar-refractivity contribution in [2.24, 2.45) is 0 Å². The fraction of sp³-hybridized carbons (Fsp3) is 0.348. The summed E-state index contributed by atoms with van der Waals surface area (Å²) in [7, 11) is -2.41. The molecule has 0 atom stereocenters. The molecule has 1 N–H and O–H groups in total. The molecule has 0 aliphatic carbocycles. The van der Waals surface area contributed by atoms with E-state index in [9.17, 15) is 13.2 Å². The first-order chi connectivity index (χ1) is 15.4. The third-order valence-corrected chi connectivity index (χ3v) is 7.62. The van der Waals surface area contributed by atoms with Crippen LogP contribution in [0.1, 0.15) is 39.1 Å². The molecule has 2 aromatic carbocycles. The van der Waals surface area contributed by atoms with E-state index in [4.69, 9.17) is 4.52 Å². The highest BCUT2D eigenvalue weighted by atomic mass is 32.2. The molecule has 1 heterocycles. The number of rotatable bonds is 7. The lowest BCUT2D eigenvalue weighted by atomic mass is 9.87. The lowest BCUT2D eigenvalue weighted by Gasteiger charge is -2.18. The standard InChI is InChI=1S/C23H28N4O4S2/c1-15(28)24-19-13-18(11-12-20(19)32-6)33(29,30)27(5)14-21-25-22(26-31-21)16-7-9-17(10-8-16)23(2,3)4/h7-13H,14H2,1-6H3,(H,24,28). The van der Waals surface area contributed by atoms with Gasteiger partial charge in [-0.3, -0.25) is 4.79 Å². The predicted molar refractivity (Wildman–Crippen MR) is 130 cm³/mol. The Bertz CT molecular complexity index is 1250. The van der Waals surface area contributed by atoms with E-state index in [2.05, 4.69) is 36.2 Å². The maximum absolute atomic E-state index is 13.1. The number of thioether (sulfide) groups is 1. The summed E-state index contributed by atoms with van der Waals surface area (Å²) < 4.78 is 32.6. The predicted octanol–water partition coefficient (Wildman–Crippen LogP) is 4.54. The SMILES string of the molecule is CSc1ccc(S(=O)(=O)N(C)Cc2nc(-c3ccc(C(C)(C)C)cc3)no2)cc1NC(C)=O. The van der Waals surface area contributed by atoms with Crippen LogP contribution < -0.4 is 5.32 Å². The van der Waals surface area contributed by atoms with E-state index in [1.54, 1.807) is 6.07 Å². The minimum atomic E-state index is -3.85. The maximum atomic E-state index is 13.1. The Morgan fingerprint density at radius 3 is 2.39 bits per heavy atom. The number of amides is 1. The molecule has 10 heteroatoms. The second-order valence-corrected chi connectivity index (χ2v) is 11.5. The van der Waals surface area contributed by atoms with Crippen LogP contribution in [0.15, 0.2) is 56.8 Å². The van der Waals surface area contributed by atoms with Crippen molar-refractivity contribution in [2.75, 3.05) is 18.6 Å². The molecule has 0 bridgehead atoms. The van der Waals surface area contributed by atoms with Crippen LogP contribution in [0.25, 0.3) is 11.4 Å². The van der Waals surface area contributed by atoms with Crippen molar-refractivity contribution in [1.82, 2.24) is 14.4 Å². The van der Waals surface area contributed by atoms with E-state index < -0.39 is 10.0 Å². The van der Waals surface area contributed by atoms with Crippen LogP contribution in [0.4, 0.5) is 5.69 Å². The summed E-state index contributed by atoms with van der Waals surface area (Å²) in [6.07, 6.45) is 1.85. The van der Waals surface area contributed by atoms with Gasteiger partial charge < -0.3 is 9.84 Å². The molecule has 0 spiro atoms. The van der Waals surface area contributed by atoms with Crippen LogP contribution in [-0.2, 0) is 26.8 Å². The van der Waals surface area contributed by atoms with Crippen molar-refractivity contribution in [3.8, 4) is 11.4 Å². The molecular weight excluding hydrogens is 460 g/mol. The van der Waals surface area contributed by atoms with Gasteiger partial charge in [0.1, 0.15) is 0 Å². The van der Waals surface area contributed by atoms with Gasteiger partial charge >= 0.3 is 0 Å². The molecule has 0 saturated carbocycles. The van der Waals surface area contributed by atoms with E-state index >= 15 is 0 Å². The van der Waals surface area contributed by atoms with Gasteiger partial charge in [0.05, 0.1) is 17.1 Å². The van der Waals surface area contributed by atoms with E-state index in [1.165, 1.54) is 43.4 Å². The Kier molecular flexibility index (Phi) is 7.30. The molecule has 8 nitrogen and oxygen atoms in total. The molecule has 0 unspecified atom stereocenters. The smallest absolute Gasteiger partial charge is 0.243 e. The molecule has 0 aliphatic rings. The van der Waals surface area contributed by atoms with Crippen LogP contribution >= 0.6 is 11.8 Å². The van der Waals surface area contributed by atoms with Gasteiger partial charge in [-0.05, 0) is 35.4 Å². The first-order valence-corrected chi connectivity index (χ1v) is 12.9. The number of nitrogens with one attached hydrogen (secondary N) is 1. The summed E-state index contributed by atoms with van der Waals surface area (Å²) >= 11 is 1.41. The summed E-state index contributed by atoms with van der Waals surface area (Å²) in [4.78, 5) is 16.7. The zero-order valence-corrected chi connectivity index (χ0v) is 21.2. The van der Waals surface area contributed by atoms with E-state index in [-0.39, 0.29) is 28.7 Å². The number of carbonyl (C=O) groups is 1. The van der Waals surface area contributed by atoms with Crippen molar-refractivity contribution < 1.29 is 17.7 Å². The first kappa shape index (κ1) is 24.9. The van der Waals surface area contributed by atoms with Crippen molar-refractivity contribution in [2.45, 2.75) is 49.4 Å². The first-order valence-electron chi connectivity index (χ1n) is 10.3. The fourth-order valence-electron chi connectivity index (χ4n) is 3.15. The van der Waals surface area contributed by atoms with E-state index in [1.807, 2.05) is 30.5 Å². The van der Waals surface area contributed by atoms with Crippen LogP contribution in [-0.4, -0.2) is 42.1 Å². The molecule has 3 rings (SSSR count). The summed E-state index contributed by atoms with van der Waals surface area (Å²) in [6, 6.07) is 12.5. The number of nitrogens with zero attached hydrogens (tertiary/aromatic N) is 3. The van der Waals surface area contributed by atoms with Gasteiger partial charge in [0.25, 0.3) is 0 Å². The number of sulfonamides is 1. The Labute approximate surface area is 198 Å². The molecule has 0 aliphatic heterocycles. The Balaban J connectivity index is 1.79. The second kappa shape index (κ2) is 9.66. The molecule has 176 valence electrons. The molecule has 3 aromatic rings. The van der Waals surface area contributed by atoms with Crippen LogP contribution in [0.5, 0.6) is 0 Å². The molecule has 1 amide bonds. The highest BCUT2D eigenvalue weighted by molar-refractivity contribution is 7.98. The number of hydrogen-bond acceptors (Lipinski definition) is 7. The zero-order chi connectivity index (χ0) is 24.4. The van der Waals surface area contributed by atoms with Crippen LogP contribution in [0, 0.1) is 0 Å².